The SMILES string of the molecule is CC(C)c1ccccc1NC(=O)[C@@H]1C[C@H]1c1ccc2c(I)[nH]nc2c1. The van der Waals surface area contributed by atoms with E-state index in [1.807, 2.05) is 18.2 Å². The van der Waals surface area contributed by atoms with Gasteiger partial charge in [-0.1, -0.05) is 38.1 Å². The first-order valence-corrected chi connectivity index (χ1v) is 9.66. The summed E-state index contributed by atoms with van der Waals surface area (Å²) >= 11 is 2.25. The number of rotatable bonds is 4. The van der Waals surface area contributed by atoms with Crippen LogP contribution in [0.15, 0.2) is 42.5 Å². The number of hydrogen-bond acceptors (Lipinski definition) is 2. The summed E-state index contributed by atoms with van der Waals surface area (Å²) in [6.45, 7) is 4.29. The number of para-hydroxylation sites is 1. The van der Waals surface area contributed by atoms with Gasteiger partial charge in [-0.2, -0.15) is 5.10 Å². The van der Waals surface area contributed by atoms with Gasteiger partial charge in [-0.05, 0) is 70.2 Å². The highest BCUT2D eigenvalue weighted by molar-refractivity contribution is 14.1. The van der Waals surface area contributed by atoms with Gasteiger partial charge in [-0.25, -0.2) is 0 Å². The van der Waals surface area contributed by atoms with E-state index < -0.39 is 0 Å². The van der Waals surface area contributed by atoms with Crippen LogP contribution in [0.5, 0.6) is 0 Å². The number of halogens is 1. The van der Waals surface area contributed by atoms with Gasteiger partial charge < -0.3 is 5.32 Å². The van der Waals surface area contributed by atoms with Crippen LogP contribution in [0.1, 0.15) is 43.2 Å². The standard InChI is InChI=1S/C20H20IN3O/c1-11(2)13-5-3-4-6-17(13)22-20(25)16-10-15(16)12-7-8-14-18(9-12)23-24-19(14)21/h3-9,11,15-16H,10H2,1-2H3,(H,22,25)(H,23,24)/t15-,16+/m0/s1. The van der Waals surface area contributed by atoms with Crippen LogP contribution in [0.2, 0.25) is 0 Å². The van der Waals surface area contributed by atoms with Crippen molar-refractivity contribution in [1.82, 2.24) is 10.2 Å². The molecule has 0 saturated heterocycles. The van der Waals surface area contributed by atoms with E-state index >= 15 is 0 Å². The van der Waals surface area contributed by atoms with Crippen molar-refractivity contribution < 1.29 is 4.79 Å². The Kier molecular flexibility index (Phi) is 4.27. The molecule has 0 spiro atoms. The zero-order chi connectivity index (χ0) is 17.6. The maximum Gasteiger partial charge on any atom is 0.228 e. The van der Waals surface area contributed by atoms with Crippen LogP contribution in [0.3, 0.4) is 0 Å². The minimum absolute atomic E-state index is 0.0516. The van der Waals surface area contributed by atoms with Crippen LogP contribution in [-0.2, 0) is 4.79 Å². The Morgan fingerprint density at radius 1 is 1.28 bits per heavy atom. The Labute approximate surface area is 160 Å². The summed E-state index contributed by atoms with van der Waals surface area (Å²) in [5, 5.41) is 11.6. The molecule has 128 valence electrons. The first-order valence-electron chi connectivity index (χ1n) is 8.58. The smallest absolute Gasteiger partial charge is 0.228 e. The summed E-state index contributed by atoms with van der Waals surface area (Å²) in [5.74, 6) is 0.853. The minimum atomic E-state index is 0.0516. The fourth-order valence-electron chi connectivity index (χ4n) is 3.42. The highest BCUT2D eigenvalue weighted by Crippen LogP contribution is 2.48. The van der Waals surface area contributed by atoms with Crippen molar-refractivity contribution in [2.24, 2.45) is 5.92 Å². The van der Waals surface area contributed by atoms with Crippen molar-refractivity contribution in [1.29, 1.82) is 0 Å². The third kappa shape index (κ3) is 3.17. The number of aromatic nitrogens is 2. The topological polar surface area (TPSA) is 57.8 Å². The van der Waals surface area contributed by atoms with Gasteiger partial charge in [-0.15, -0.1) is 0 Å². The van der Waals surface area contributed by atoms with Crippen LogP contribution in [0.25, 0.3) is 10.9 Å². The molecule has 1 heterocycles. The van der Waals surface area contributed by atoms with E-state index in [0.29, 0.717) is 11.8 Å². The Bertz CT molecular complexity index is 947. The number of H-pyrrole nitrogens is 1. The third-order valence-corrected chi connectivity index (χ3v) is 5.75. The molecule has 0 radical (unpaired) electrons. The zero-order valence-corrected chi connectivity index (χ0v) is 16.4. The molecule has 1 saturated carbocycles. The van der Waals surface area contributed by atoms with E-state index in [4.69, 9.17) is 0 Å². The van der Waals surface area contributed by atoms with E-state index in [-0.39, 0.29) is 11.8 Å². The molecule has 5 heteroatoms. The third-order valence-electron chi connectivity index (χ3n) is 4.93. The molecule has 1 aromatic heterocycles. The molecule has 0 unspecified atom stereocenters. The lowest BCUT2D eigenvalue weighted by Gasteiger charge is -2.13. The van der Waals surface area contributed by atoms with Gasteiger partial charge in [0.05, 0.1) is 5.52 Å². The molecule has 2 aromatic carbocycles. The molecule has 2 N–H and O–H groups in total. The van der Waals surface area contributed by atoms with Gasteiger partial charge in [0.2, 0.25) is 5.91 Å². The quantitative estimate of drug-likeness (QED) is 0.554. The normalized spacial score (nSPS) is 19.4. The Balaban J connectivity index is 1.49. The monoisotopic (exact) mass is 445 g/mol. The summed E-state index contributed by atoms with van der Waals surface area (Å²) in [6, 6.07) is 14.4. The van der Waals surface area contributed by atoms with E-state index in [2.05, 4.69) is 76.2 Å². The van der Waals surface area contributed by atoms with Gasteiger partial charge in [0.25, 0.3) is 0 Å². The lowest BCUT2D eigenvalue weighted by atomic mass is 10.0. The molecule has 4 rings (SSSR count). The second-order valence-corrected chi connectivity index (χ2v) is 8.07. The van der Waals surface area contributed by atoms with Gasteiger partial charge in [-0.3, -0.25) is 9.89 Å². The van der Waals surface area contributed by atoms with Crippen LogP contribution in [0.4, 0.5) is 5.69 Å². The number of benzene rings is 2. The average Bonchev–Trinajstić information content (AvgIpc) is 3.33. The van der Waals surface area contributed by atoms with Gasteiger partial charge in [0.15, 0.2) is 0 Å². The Morgan fingerprint density at radius 2 is 2.08 bits per heavy atom. The van der Waals surface area contributed by atoms with Crippen LogP contribution >= 0.6 is 22.6 Å². The molecular formula is C20H20IN3O. The Hall–Kier alpha value is -1.89. The van der Waals surface area contributed by atoms with Crippen molar-refractivity contribution in [2.75, 3.05) is 5.32 Å². The van der Waals surface area contributed by atoms with Crippen LogP contribution in [0, 0.1) is 9.62 Å². The summed E-state index contributed by atoms with van der Waals surface area (Å²) < 4.78 is 1.05. The van der Waals surface area contributed by atoms with Crippen LogP contribution in [-0.4, -0.2) is 16.1 Å². The average molecular weight is 445 g/mol. The summed E-state index contributed by atoms with van der Waals surface area (Å²) in [4.78, 5) is 12.7. The number of hydrogen-bond donors (Lipinski definition) is 2. The molecule has 1 fully saturated rings. The number of nitrogens with one attached hydrogen (secondary N) is 2. The molecule has 1 aliphatic carbocycles. The Morgan fingerprint density at radius 3 is 2.88 bits per heavy atom. The molecular weight excluding hydrogens is 425 g/mol. The number of aromatic amines is 1. The lowest BCUT2D eigenvalue weighted by molar-refractivity contribution is -0.117. The second kappa shape index (κ2) is 6.44. The van der Waals surface area contributed by atoms with E-state index in [0.717, 1.165) is 26.7 Å². The first kappa shape index (κ1) is 16.6. The van der Waals surface area contributed by atoms with Gasteiger partial charge >= 0.3 is 0 Å². The fourth-order valence-corrected chi connectivity index (χ4v) is 4.00. The van der Waals surface area contributed by atoms with Crippen molar-refractivity contribution in [3.8, 4) is 0 Å². The lowest BCUT2D eigenvalue weighted by Crippen LogP contribution is -2.16. The zero-order valence-electron chi connectivity index (χ0n) is 14.2. The number of nitrogens with zero attached hydrogens (tertiary/aromatic N) is 1. The van der Waals surface area contributed by atoms with Crippen molar-refractivity contribution in [2.45, 2.75) is 32.1 Å². The van der Waals surface area contributed by atoms with E-state index in [1.165, 1.54) is 11.1 Å². The molecule has 1 amide bonds. The number of anilines is 1. The molecule has 0 bridgehead atoms. The summed E-state index contributed by atoms with van der Waals surface area (Å²) in [5.41, 5.74) is 4.29. The van der Waals surface area contributed by atoms with Crippen LogP contribution < -0.4 is 5.32 Å². The maximum atomic E-state index is 12.7. The van der Waals surface area contributed by atoms with Crippen molar-refractivity contribution >= 4 is 45.1 Å². The summed E-state index contributed by atoms with van der Waals surface area (Å²) in [7, 11) is 0. The molecule has 2 atom stereocenters. The predicted octanol–water partition coefficient (Wildman–Crippen LogP) is 5.03. The van der Waals surface area contributed by atoms with Gasteiger partial charge in [0, 0.05) is 17.0 Å². The highest BCUT2D eigenvalue weighted by Gasteiger charge is 2.44. The maximum absolute atomic E-state index is 12.7. The molecule has 0 aliphatic heterocycles. The number of carbonyl (C=O) groups excluding carboxylic acids is 1. The highest BCUT2D eigenvalue weighted by atomic mass is 127. The van der Waals surface area contributed by atoms with Gasteiger partial charge in [0.1, 0.15) is 3.70 Å². The first-order chi connectivity index (χ1) is 12.0. The fraction of sp³-hybridized carbons (Fsp3) is 0.300. The molecule has 25 heavy (non-hydrogen) atoms. The number of amides is 1. The molecule has 1 aliphatic rings. The summed E-state index contributed by atoms with van der Waals surface area (Å²) in [6.07, 6.45) is 0.905. The molecule has 3 aromatic rings. The minimum Gasteiger partial charge on any atom is -0.326 e. The van der Waals surface area contributed by atoms with E-state index in [9.17, 15) is 4.79 Å². The van der Waals surface area contributed by atoms with Crippen molar-refractivity contribution in [3.63, 3.8) is 0 Å². The largest absolute Gasteiger partial charge is 0.326 e. The second-order valence-electron chi connectivity index (χ2n) is 6.99. The van der Waals surface area contributed by atoms with E-state index in [1.54, 1.807) is 0 Å². The van der Waals surface area contributed by atoms with Crippen molar-refractivity contribution in [3.05, 3.63) is 57.3 Å². The number of fused-ring (bicyclic) bond motifs is 1. The molecule has 4 nitrogen and oxygen atoms in total. The number of carbonyl (C=O) groups is 1. The predicted molar refractivity (Wildman–Crippen MR) is 109 cm³/mol.